The zero-order valence-electron chi connectivity index (χ0n) is 19.3. The Labute approximate surface area is 193 Å². The summed E-state index contributed by atoms with van der Waals surface area (Å²) in [6.45, 7) is 5.84. The number of carbonyl (C=O) groups is 3. The average molecular weight is 445 g/mol. The van der Waals surface area contributed by atoms with Crippen LogP contribution in [0.25, 0.3) is 6.08 Å². The number of amides is 2. The van der Waals surface area contributed by atoms with Gasteiger partial charge in [0.25, 0.3) is 0 Å². The molecule has 0 bridgehead atoms. The van der Waals surface area contributed by atoms with Gasteiger partial charge in [-0.15, -0.1) is 0 Å². The molecule has 2 fully saturated rings. The first-order valence-electron chi connectivity index (χ1n) is 11.3. The zero-order chi connectivity index (χ0) is 23.5. The van der Waals surface area contributed by atoms with E-state index >= 15 is 0 Å². The Bertz CT molecular complexity index is 1160. The molecular formula is C27H28N2O4. The van der Waals surface area contributed by atoms with Crippen molar-refractivity contribution in [3.05, 3.63) is 65.7 Å². The van der Waals surface area contributed by atoms with Crippen LogP contribution in [0.3, 0.4) is 0 Å². The molecule has 0 spiro atoms. The predicted octanol–water partition coefficient (Wildman–Crippen LogP) is 3.70. The zero-order valence-corrected chi connectivity index (χ0v) is 19.3. The molecule has 6 nitrogen and oxygen atoms in total. The first kappa shape index (κ1) is 21.4. The molecule has 0 aromatic heterocycles. The van der Waals surface area contributed by atoms with E-state index in [4.69, 9.17) is 4.74 Å². The maximum Gasteiger partial charge on any atom is 0.236 e. The van der Waals surface area contributed by atoms with Gasteiger partial charge in [0.1, 0.15) is 11.8 Å². The largest absolute Gasteiger partial charge is 0.497 e. The number of methoxy groups -OCH3 is 1. The highest BCUT2D eigenvalue weighted by atomic mass is 16.5. The Morgan fingerprint density at radius 1 is 1.00 bits per heavy atom. The van der Waals surface area contributed by atoms with E-state index < -0.39 is 23.3 Å². The van der Waals surface area contributed by atoms with Crippen LogP contribution in [0.15, 0.2) is 54.6 Å². The minimum absolute atomic E-state index is 0.0280. The monoisotopic (exact) mass is 444 g/mol. The van der Waals surface area contributed by atoms with Gasteiger partial charge in [0, 0.05) is 16.7 Å². The van der Waals surface area contributed by atoms with Gasteiger partial charge in [-0.1, -0.05) is 63.3 Å². The molecule has 2 aromatic rings. The van der Waals surface area contributed by atoms with Crippen LogP contribution in [0.5, 0.6) is 5.75 Å². The fraction of sp³-hybridized carbons (Fsp3) is 0.370. The smallest absolute Gasteiger partial charge is 0.236 e. The van der Waals surface area contributed by atoms with Crippen LogP contribution in [0.2, 0.25) is 0 Å². The quantitative estimate of drug-likeness (QED) is 0.673. The Morgan fingerprint density at radius 3 is 2.36 bits per heavy atom. The first-order chi connectivity index (χ1) is 15.7. The van der Waals surface area contributed by atoms with E-state index in [1.54, 1.807) is 7.11 Å². The highest BCUT2D eigenvalue weighted by Gasteiger charge is 2.64. The molecule has 4 atom stereocenters. The number of benzene rings is 2. The second-order valence-corrected chi connectivity index (χ2v) is 10.0. The molecule has 3 aliphatic heterocycles. The number of imide groups is 1. The van der Waals surface area contributed by atoms with Gasteiger partial charge in [-0.2, -0.15) is 0 Å². The Morgan fingerprint density at radius 2 is 1.70 bits per heavy atom. The standard InChI is InChI=1S/C27H28N2O4/c1-27(2,3)24(30)23-22-21(25(31)28(26(22)32)15-16-8-6-5-7-9-16)20-12-10-17-14-18(33-4)11-13-19(17)29(20)23/h5-14,20-23H,15H2,1-4H3. The average Bonchev–Trinajstić information content (AvgIpc) is 3.26. The number of ether oxygens (including phenoxy) is 1. The van der Waals surface area contributed by atoms with E-state index in [-0.39, 0.29) is 30.2 Å². The van der Waals surface area contributed by atoms with Gasteiger partial charge >= 0.3 is 0 Å². The molecule has 0 N–H and O–H groups in total. The van der Waals surface area contributed by atoms with E-state index in [0.29, 0.717) is 0 Å². The van der Waals surface area contributed by atoms with Crippen molar-refractivity contribution in [3.63, 3.8) is 0 Å². The third kappa shape index (κ3) is 3.27. The number of hydrogen-bond acceptors (Lipinski definition) is 5. The number of fused-ring (bicyclic) bond motifs is 5. The van der Waals surface area contributed by atoms with Crippen molar-refractivity contribution in [3.8, 4) is 5.75 Å². The van der Waals surface area contributed by atoms with Crippen LogP contribution in [0.1, 0.15) is 31.9 Å². The van der Waals surface area contributed by atoms with Crippen molar-refractivity contribution in [1.29, 1.82) is 0 Å². The third-order valence-corrected chi connectivity index (χ3v) is 7.00. The Hall–Kier alpha value is -3.41. The Kier molecular flexibility index (Phi) is 4.92. The number of likely N-dealkylation sites (tertiary alicyclic amines) is 1. The molecular weight excluding hydrogens is 416 g/mol. The normalized spacial score (nSPS) is 25.7. The second kappa shape index (κ2) is 7.58. The minimum atomic E-state index is -0.700. The minimum Gasteiger partial charge on any atom is -0.497 e. The summed E-state index contributed by atoms with van der Waals surface area (Å²) in [6, 6.07) is 14.2. The summed E-state index contributed by atoms with van der Waals surface area (Å²) in [7, 11) is 1.61. The maximum atomic E-state index is 13.7. The van der Waals surface area contributed by atoms with Gasteiger partial charge in [0.2, 0.25) is 11.8 Å². The number of carbonyl (C=O) groups excluding carboxylic acids is 3. The predicted molar refractivity (Wildman–Crippen MR) is 126 cm³/mol. The summed E-state index contributed by atoms with van der Waals surface area (Å²) in [5.41, 5.74) is 2.01. The molecule has 0 radical (unpaired) electrons. The molecule has 5 rings (SSSR count). The molecule has 2 aromatic carbocycles. The number of hydrogen-bond donors (Lipinski definition) is 0. The lowest BCUT2D eigenvalue weighted by Crippen LogP contribution is -2.51. The number of Topliss-reactive ketones (excluding diaryl/α,β-unsaturated/α-hetero) is 1. The van der Waals surface area contributed by atoms with Crippen molar-refractivity contribution in [1.82, 2.24) is 4.90 Å². The number of nitrogens with zero attached hydrogens (tertiary/aromatic N) is 2. The molecule has 0 aliphatic carbocycles. The van der Waals surface area contributed by atoms with Crippen molar-refractivity contribution in [2.45, 2.75) is 39.4 Å². The van der Waals surface area contributed by atoms with E-state index in [9.17, 15) is 14.4 Å². The maximum absolute atomic E-state index is 13.7. The third-order valence-electron chi connectivity index (χ3n) is 7.00. The topological polar surface area (TPSA) is 66.9 Å². The highest BCUT2D eigenvalue weighted by Crippen LogP contribution is 2.50. The van der Waals surface area contributed by atoms with Crippen LogP contribution in [0, 0.1) is 17.3 Å². The van der Waals surface area contributed by atoms with Crippen molar-refractivity contribution in [2.24, 2.45) is 17.3 Å². The molecule has 170 valence electrons. The molecule has 0 saturated carbocycles. The molecule has 2 amide bonds. The molecule has 33 heavy (non-hydrogen) atoms. The molecule has 6 heteroatoms. The van der Waals surface area contributed by atoms with E-state index in [2.05, 4.69) is 0 Å². The summed E-state index contributed by atoms with van der Waals surface area (Å²) < 4.78 is 5.37. The SMILES string of the molecule is COc1ccc2c(c1)C=CC1C3C(=O)N(Cc4ccccc4)C(=O)C3C(C(=O)C(C)(C)C)N21. The fourth-order valence-electron chi connectivity index (χ4n) is 5.41. The fourth-order valence-corrected chi connectivity index (χ4v) is 5.41. The summed E-state index contributed by atoms with van der Waals surface area (Å²) in [5, 5.41) is 0. The Balaban J connectivity index is 1.59. The molecule has 3 aliphatic rings. The first-order valence-corrected chi connectivity index (χ1v) is 11.3. The van der Waals surface area contributed by atoms with Crippen molar-refractivity contribution >= 4 is 29.4 Å². The second-order valence-electron chi connectivity index (χ2n) is 10.0. The summed E-state index contributed by atoms with van der Waals surface area (Å²) in [6.07, 6.45) is 3.93. The lowest BCUT2D eigenvalue weighted by atomic mass is 9.79. The van der Waals surface area contributed by atoms with Gasteiger partial charge in [-0.05, 0) is 23.8 Å². The lowest BCUT2D eigenvalue weighted by Gasteiger charge is -2.38. The summed E-state index contributed by atoms with van der Waals surface area (Å²) in [5.74, 6) is -1.04. The number of ketones is 1. The summed E-state index contributed by atoms with van der Waals surface area (Å²) in [4.78, 5) is 44.4. The van der Waals surface area contributed by atoms with Crippen LogP contribution in [-0.4, -0.2) is 41.7 Å². The van der Waals surface area contributed by atoms with Gasteiger partial charge in [0.05, 0.1) is 31.5 Å². The number of anilines is 1. The van der Waals surface area contributed by atoms with Gasteiger partial charge in [-0.3, -0.25) is 19.3 Å². The highest BCUT2D eigenvalue weighted by molar-refractivity contribution is 6.11. The van der Waals surface area contributed by atoms with Crippen molar-refractivity contribution < 1.29 is 19.1 Å². The van der Waals surface area contributed by atoms with E-state index in [1.807, 2.05) is 86.4 Å². The van der Waals surface area contributed by atoms with E-state index in [0.717, 1.165) is 22.6 Å². The molecule has 4 unspecified atom stereocenters. The van der Waals surface area contributed by atoms with Crippen LogP contribution in [0.4, 0.5) is 5.69 Å². The molecule has 3 heterocycles. The van der Waals surface area contributed by atoms with Crippen molar-refractivity contribution in [2.75, 3.05) is 12.0 Å². The van der Waals surface area contributed by atoms with Crippen LogP contribution < -0.4 is 9.64 Å². The van der Waals surface area contributed by atoms with Gasteiger partial charge in [0.15, 0.2) is 5.78 Å². The number of rotatable bonds is 4. The van der Waals surface area contributed by atoms with E-state index in [1.165, 1.54) is 4.90 Å². The van der Waals surface area contributed by atoms with Gasteiger partial charge in [-0.25, -0.2) is 0 Å². The summed E-state index contributed by atoms with van der Waals surface area (Å²) >= 11 is 0. The lowest BCUT2D eigenvalue weighted by molar-refractivity contribution is -0.142. The van der Waals surface area contributed by atoms with Crippen LogP contribution >= 0.6 is 0 Å². The molecule has 2 saturated heterocycles. The van der Waals surface area contributed by atoms with Crippen LogP contribution in [-0.2, 0) is 20.9 Å². The van der Waals surface area contributed by atoms with Gasteiger partial charge < -0.3 is 9.64 Å².